The number of carbonyl (C=O) groups excluding carboxylic acids is 2. The number of nitrogens with zero attached hydrogens (tertiary/aromatic N) is 4. The second-order valence-electron chi connectivity index (χ2n) is 10.6. The number of pyridine rings is 2. The van der Waals surface area contributed by atoms with E-state index in [1.165, 1.54) is 16.2 Å². The lowest BCUT2D eigenvalue weighted by molar-refractivity contribution is 0.0825. The summed E-state index contributed by atoms with van der Waals surface area (Å²) in [6.45, 7) is 6.90. The maximum absolute atomic E-state index is 13.7. The molecular weight excluding hydrogens is 538 g/mol. The van der Waals surface area contributed by atoms with Gasteiger partial charge in [-0.1, -0.05) is 6.07 Å². The summed E-state index contributed by atoms with van der Waals surface area (Å²) in [5, 5.41) is 12.2. The van der Waals surface area contributed by atoms with Gasteiger partial charge in [-0.25, -0.2) is 14.8 Å². The number of anilines is 1. The molecule has 4 aromatic rings. The summed E-state index contributed by atoms with van der Waals surface area (Å²) >= 11 is 1.50. The van der Waals surface area contributed by atoms with Crippen LogP contribution in [0.5, 0.6) is 0 Å². The van der Waals surface area contributed by atoms with Gasteiger partial charge in [0.25, 0.3) is 5.91 Å². The zero-order chi connectivity index (χ0) is 29.1. The maximum Gasteiger partial charge on any atom is 0.320 e. The standard InChI is InChI=1S/C30H35N7O3S/c1-5-32-30(40)35-26-12-21(28-34-18(2)17-41-28)23(14-33-26)20-8-9-25-22(11-20)27(38)24(29(39)36(3)4)16-37(25)15-19-7-6-10-31-13-19/h8-9,11-12,14,16-17,19,31H,5-7,10,13,15H2,1-4H3,(H2,32,33,35,40). The summed E-state index contributed by atoms with van der Waals surface area (Å²) in [5.41, 5.74) is 3.86. The first-order valence-corrected chi connectivity index (χ1v) is 14.7. The third-order valence-electron chi connectivity index (χ3n) is 7.21. The number of rotatable bonds is 7. The van der Waals surface area contributed by atoms with E-state index in [9.17, 15) is 14.4 Å². The first kappa shape index (κ1) is 28.4. The van der Waals surface area contributed by atoms with E-state index < -0.39 is 0 Å². The van der Waals surface area contributed by atoms with Crippen molar-refractivity contribution < 1.29 is 9.59 Å². The van der Waals surface area contributed by atoms with Crippen LogP contribution in [0.3, 0.4) is 0 Å². The minimum Gasteiger partial charge on any atom is -0.346 e. The van der Waals surface area contributed by atoms with Crippen LogP contribution in [0.4, 0.5) is 10.6 Å². The van der Waals surface area contributed by atoms with Gasteiger partial charge in [0, 0.05) is 67.2 Å². The van der Waals surface area contributed by atoms with E-state index in [1.54, 1.807) is 32.6 Å². The van der Waals surface area contributed by atoms with Gasteiger partial charge in [-0.15, -0.1) is 11.3 Å². The Hall–Kier alpha value is -4.09. The van der Waals surface area contributed by atoms with Crippen molar-refractivity contribution in [2.75, 3.05) is 39.0 Å². The predicted molar refractivity (Wildman–Crippen MR) is 164 cm³/mol. The fourth-order valence-corrected chi connectivity index (χ4v) is 6.02. The summed E-state index contributed by atoms with van der Waals surface area (Å²) < 4.78 is 2.05. The van der Waals surface area contributed by atoms with Gasteiger partial charge < -0.3 is 20.1 Å². The molecule has 0 spiro atoms. The number of hydrogen-bond acceptors (Lipinski definition) is 7. The molecule has 3 aromatic heterocycles. The molecule has 10 nitrogen and oxygen atoms in total. The van der Waals surface area contributed by atoms with E-state index in [-0.39, 0.29) is 22.9 Å². The third-order valence-corrected chi connectivity index (χ3v) is 8.21. The van der Waals surface area contributed by atoms with Crippen LogP contribution in [0.25, 0.3) is 32.6 Å². The zero-order valence-electron chi connectivity index (χ0n) is 23.8. The molecule has 1 saturated heterocycles. The van der Waals surface area contributed by atoms with Crippen LogP contribution in [0.2, 0.25) is 0 Å². The highest BCUT2D eigenvalue weighted by molar-refractivity contribution is 7.13. The Morgan fingerprint density at radius 2 is 2.05 bits per heavy atom. The lowest BCUT2D eigenvalue weighted by Crippen LogP contribution is -2.33. The van der Waals surface area contributed by atoms with E-state index in [0.29, 0.717) is 30.2 Å². The topological polar surface area (TPSA) is 121 Å². The third kappa shape index (κ3) is 6.15. The van der Waals surface area contributed by atoms with Gasteiger partial charge in [0.1, 0.15) is 16.4 Å². The summed E-state index contributed by atoms with van der Waals surface area (Å²) in [5.74, 6) is 0.482. The van der Waals surface area contributed by atoms with Crippen LogP contribution in [0.1, 0.15) is 35.8 Å². The highest BCUT2D eigenvalue weighted by Gasteiger charge is 2.21. The van der Waals surface area contributed by atoms with Gasteiger partial charge in [0.05, 0.1) is 5.52 Å². The lowest BCUT2D eigenvalue weighted by Gasteiger charge is -2.25. The van der Waals surface area contributed by atoms with Crippen LogP contribution in [0.15, 0.2) is 46.8 Å². The number of thiazole rings is 1. The second-order valence-corrected chi connectivity index (χ2v) is 11.4. The lowest BCUT2D eigenvalue weighted by atomic mass is 9.97. The number of aryl methyl sites for hydroxylation is 1. The molecule has 0 aliphatic carbocycles. The molecule has 3 amide bonds. The molecule has 5 rings (SSSR count). The van der Waals surface area contributed by atoms with Crippen LogP contribution in [-0.2, 0) is 6.54 Å². The van der Waals surface area contributed by atoms with Gasteiger partial charge in [-0.2, -0.15) is 0 Å². The normalized spacial score (nSPS) is 15.1. The largest absolute Gasteiger partial charge is 0.346 e. The van der Waals surface area contributed by atoms with Crippen molar-refractivity contribution in [3.05, 3.63) is 63.5 Å². The fourth-order valence-electron chi connectivity index (χ4n) is 5.20. The Labute approximate surface area is 242 Å². The number of carbonyl (C=O) groups is 2. The van der Waals surface area contributed by atoms with Crippen molar-refractivity contribution in [3.63, 3.8) is 0 Å². The molecule has 4 heterocycles. The smallest absolute Gasteiger partial charge is 0.320 e. The molecule has 214 valence electrons. The Kier molecular flexibility index (Phi) is 8.46. The van der Waals surface area contributed by atoms with E-state index in [1.807, 2.05) is 37.4 Å². The average Bonchev–Trinajstić information content (AvgIpc) is 3.40. The minimum absolute atomic E-state index is 0.152. The average molecular weight is 574 g/mol. The Balaban J connectivity index is 1.65. The molecule has 0 bridgehead atoms. The molecule has 1 fully saturated rings. The number of amides is 3. The van der Waals surface area contributed by atoms with Gasteiger partial charge >= 0.3 is 6.03 Å². The van der Waals surface area contributed by atoms with E-state index in [2.05, 4.69) is 30.5 Å². The van der Waals surface area contributed by atoms with E-state index >= 15 is 0 Å². The SMILES string of the molecule is CCNC(=O)Nc1cc(-c2nc(C)cs2)c(-c2ccc3c(c2)c(=O)c(C(=O)N(C)C)cn3CC2CCCNC2)cn1. The van der Waals surface area contributed by atoms with Crippen LogP contribution >= 0.6 is 11.3 Å². The van der Waals surface area contributed by atoms with Crippen LogP contribution in [-0.4, -0.2) is 65.1 Å². The molecule has 11 heteroatoms. The molecule has 1 aliphatic heterocycles. The first-order chi connectivity index (χ1) is 19.7. The molecule has 41 heavy (non-hydrogen) atoms. The van der Waals surface area contributed by atoms with Gasteiger partial charge in [0.15, 0.2) is 0 Å². The Morgan fingerprint density at radius 1 is 1.22 bits per heavy atom. The van der Waals surface area contributed by atoms with Crippen LogP contribution in [0, 0.1) is 12.8 Å². The van der Waals surface area contributed by atoms with Crippen molar-refractivity contribution in [1.82, 2.24) is 30.1 Å². The minimum atomic E-state index is -0.341. The Bertz CT molecular complexity index is 1650. The second kappa shape index (κ2) is 12.2. The van der Waals surface area contributed by atoms with E-state index in [0.717, 1.165) is 58.8 Å². The van der Waals surface area contributed by atoms with Gasteiger partial charge in [0.2, 0.25) is 5.43 Å². The van der Waals surface area contributed by atoms with Gasteiger partial charge in [-0.3, -0.25) is 14.9 Å². The molecule has 0 radical (unpaired) electrons. The highest BCUT2D eigenvalue weighted by Crippen LogP contribution is 2.36. The molecular formula is C30H35N7O3S. The van der Waals surface area contributed by atoms with Crippen molar-refractivity contribution in [3.8, 4) is 21.7 Å². The van der Waals surface area contributed by atoms with E-state index in [4.69, 9.17) is 0 Å². The molecule has 1 unspecified atom stereocenters. The zero-order valence-corrected chi connectivity index (χ0v) is 24.6. The maximum atomic E-state index is 13.7. The molecule has 3 N–H and O–H groups in total. The molecule has 1 aliphatic rings. The van der Waals surface area contributed by atoms with Crippen molar-refractivity contribution in [1.29, 1.82) is 0 Å². The number of aromatic nitrogens is 3. The number of urea groups is 1. The van der Waals surface area contributed by atoms with Gasteiger partial charge in [-0.05, 0) is 69.5 Å². The number of benzene rings is 1. The number of fused-ring (bicyclic) bond motifs is 1. The fraction of sp³-hybridized carbons (Fsp3) is 0.367. The first-order valence-electron chi connectivity index (χ1n) is 13.8. The quantitative estimate of drug-likeness (QED) is 0.303. The highest BCUT2D eigenvalue weighted by atomic mass is 32.1. The molecule has 1 aromatic carbocycles. The number of hydrogen-bond donors (Lipinski definition) is 3. The summed E-state index contributed by atoms with van der Waals surface area (Å²) in [7, 11) is 3.31. The summed E-state index contributed by atoms with van der Waals surface area (Å²) in [6.07, 6.45) is 5.60. The van der Waals surface area contributed by atoms with Crippen molar-refractivity contribution in [2.45, 2.75) is 33.2 Å². The number of piperidine rings is 1. The Morgan fingerprint density at radius 3 is 2.73 bits per heavy atom. The molecule has 0 saturated carbocycles. The van der Waals surface area contributed by atoms with Crippen molar-refractivity contribution >= 4 is 40.0 Å². The number of nitrogens with one attached hydrogen (secondary N) is 3. The molecule has 1 atom stereocenters. The monoisotopic (exact) mass is 573 g/mol. The van der Waals surface area contributed by atoms with Crippen molar-refractivity contribution in [2.24, 2.45) is 5.92 Å². The van der Waals surface area contributed by atoms with Crippen LogP contribution < -0.4 is 21.4 Å². The summed E-state index contributed by atoms with van der Waals surface area (Å²) in [4.78, 5) is 49.6. The summed E-state index contributed by atoms with van der Waals surface area (Å²) in [6, 6.07) is 7.23. The predicted octanol–water partition coefficient (Wildman–Crippen LogP) is 4.34.